The van der Waals surface area contributed by atoms with Gasteiger partial charge in [-0.25, -0.2) is 12.7 Å². The van der Waals surface area contributed by atoms with Crippen molar-refractivity contribution in [3.8, 4) is 5.75 Å². The van der Waals surface area contributed by atoms with Gasteiger partial charge in [0, 0.05) is 24.6 Å². The van der Waals surface area contributed by atoms with Crippen LogP contribution < -0.4 is 4.74 Å². The molecule has 1 fully saturated rings. The van der Waals surface area contributed by atoms with Gasteiger partial charge in [-0.1, -0.05) is 0 Å². The number of alkyl halides is 3. The molecule has 0 N–H and O–H groups in total. The quantitative estimate of drug-likeness (QED) is 0.738. The first-order chi connectivity index (χ1) is 11.5. The molecule has 0 unspecified atom stereocenters. The van der Waals surface area contributed by atoms with Gasteiger partial charge in [0.2, 0.25) is 10.0 Å². The minimum absolute atomic E-state index is 0.00376. The molecule has 1 saturated heterocycles. The lowest BCUT2D eigenvalue weighted by atomic mass is 9.89. The minimum Gasteiger partial charge on any atom is -0.497 e. The fourth-order valence-electron chi connectivity index (χ4n) is 2.97. The van der Waals surface area contributed by atoms with E-state index in [1.807, 2.05) is 0 Å². The van der Waals surface area contributed by atoms with Crippen LogP contribution in [0, 0.1) is 12.8 Å². The zero-order valence-electron chi connectivity index (χ0n) is 14.0. The number of methoxy groups -OCH3 is 1. The van der Waals surface area contributed by atoms with Crippen molar-refractivity contribution in [3.05, 3.63) is 29.3 Å². The van der Waals surface area contributed by atoms with Crippen LogP contribution in [0.4, 0.5) is 13.2 Å². The maximum atomic E-state index is 12.7. The Morgan fingerprint density at radius 1 is 1.36 bits per heavy atom. The smallest absolute Gasteiger partial charge is 0.404 e. The second-order valence-corrected chi connectivity index (χ2v) is 8.08. The molecule has 140 valence electrons. The maximum absolute atomic E-state index is 12.7. The Morgan fingerprint density at radius 3 is 2.60 bits per heavy atom. The number of piperidine rings is 1. The highest BCUT2D eigenvalue weighted by Crippen LogP contribution is 2.28. The van der Waals surface area contributed by atoms with Crippen LogP contribution in [0.3, 0.4) is 0 Å². The van der Waals surface area contributed by atoms with Crippen molar-refractivity contribution in [2.75, 3.05) is 26.0 Å². The average molecular weight is 379 g/mol. The van der Waals surface area contributed by atoms with Crippen molar-refractivity contribution >= 4 is 15.8 Å². The maximum Gasteiger partial charge on any atom is 0.404 e. The van der Waals surface area contributed by atoms with Gasteiger partial charge in [-0.3, -0.25) is 4.79 Å². The van der Waals surface area contributed by atoms with Crippen LogP contribution in [0.25, 0.3) is 0 Å². The first kappa shape index (κ1) is 19.7. The summed E-state index contributed by atoms with van der Waals surface area (Å²) >= 11 is 0. The Bertz CT molecular complexity index is 746. The number of hydrogen-bond donors (Lipinski definition) is 0. The number of rotatable bonds is 5. The number of nitrogens with zero attached hydrogens (tertiary/aromatic N) is 1. The summed E-state index contributed by atoms with van der Waals surface area (Å²) in [6.07, 6.45) is -4.01. The molecule has 5 nitrogen and oxygen atoms in total. The molecule has 0 bridgehead atoms. The summed E-state index contributed by atoms with van der Waals surface area (Å²) in [5.41, 5.74) is 1.11. The zero-order chi connectivity index (χ0) is 18.8. The van der Waals surface area contributed by atoms with Crippen LogP contribution in [0.2, 0.25) is 0 Å². The molecular formula is C16H20F3NO4S. The molecular weight excluding hydrogens is 359 g/mol. The molecule has 2 rings (SSSR count). The number of carbonyl (C=O) groups is 1. The topological polar surface area (TPSA) is 63.7 Å². The summed E-state index contributed by atoms with van der Waals surface area (Å²) in [5, 5.41) is 0. The van der Waals surface area contributed by atoms with Crippen LogP contribution in [-0.2, 0) is 10.0 Å². The van der Waals surface area contributed by atoms with Gasteiger partial charge in [0.1, 0.15) is 5.75 Å². The molecule has 1 aromatic carbocycles. The second kappa shape index (κ2) is 7.33. The number of ketones is 1. The predicted molar refractivity (Wildman–Crippen MR) is 86.2 cm³/mol. The molecule has 1 atom stereocenters. The normalized spacial score (nSPS) is 19.6. The van der Waals surface area contributed by atoms with Gasteiger partial charge >= 0.3 is 6.18 Å². The van der Waals surface area contributed by atoms with E-state index in [-0.39, 0.29) is 18.9 Å². The number of benzene rings is 1. The van der Waals surface area contributed by atoms with Crippen LogP contribution in [-0.4, -0.2) is 50.6 Å². The standard InChI is InChI=1S/C16H20F3NO4S/c1-11-8-13(24-2)5-6-14(11)15(21)12-4-3-7-20(9-12)25(22,23)10-16(17,18)19/h5-6,8,12H,3-4,7,9-10H2,1-2H3/t12-/m1/s1. The number of sulfonamides is 1. The lowest BCUT2D eigenvalue weighted by Crippen LogP contribution is -2.45. The van der Waals surface area contributed by atoms with Crippen LogP contribution in [0.15, 0.2) is 18.2 Å². The molecule has 0 amide bonds. The summed E-state index contributed by atoms with van der Waals surface area (Å²) in [6, 6.07) is 4.91. The fourth-order valence-corrected chi connectivity index (χ4v) is 4.38. The van der Waals surface area contributed by atoms with Crippen molar-refractivity contribution in [1.82, 2.24) is 4.31 Å². The Morgan fingerprint density at radius 2 is 2.04 bits per heavy atom. The van der Waals surface area contributed by atoms with Crippen molar-refractivity contribution in [1.29, 1.82) is 0 Å². The number of halogens is 3. The van der Waals surface area contributed by atoms with E-state index in [0.29, 0.717) is 29.7 Å². The van der Waals surface area contributed by atoms with Crippen molar-refractivity contribution in [2.45, 2.75) is 25.9 Å². The summed E-state index contributed by atoms with van der Waals surface area (Å²) < 4.78 is 67.1. The van der Waals surface area contributed by atoms with Crippen LogP contribution in [0.5, 0.6) is 5.75 Å². The van der Waals surface area contributed by atoms with Gasteiger partial charge in [-0.05, 0) is 43.5 Å². The van der Waals surface area contributed by atoms with Crippen LogP contribution >= 0.6 is 0 Å². The lowest BCUT2D eigenvalue weighted by molar-refractivity contribution is -0.107. The highest BCUT2D eigenvalue weighted by atomic mass is 32.2. The molecule has 0 saturated carbocycles. The van der Waals surface area contributed by atoms with E-state index in [1.165, 1.54) is 7.11 Å². The number of ether oxygens (including phenoxy) is 1. The van der Waals surface area contributed by atoms with Gasteiger partial charge in [-0.15, -0.1) is 0 Å². The number of hydrogen-bond acceptors (Lipinski definition) is 4. The van der Waals surface area contributed by atoms with E-state index < -0.39 is 27.9 Å². The van der Waals surface area contributed by atoms with Gasteiger partial charge in [0.25, 0.3) is 0 Å². The molecule has 1 heterocycles. The van der Waals surface area contributed by atoms with Crippen molar-refractivity contribution in [3.63, 3.8) is 0 Å². The zero-order valence-corrected chi connectivity index (χ0v) is 14.8. The minimum atomic E-state index is -4.80. The first-order valence-electron chi connectivity index (χ1n) is 7.77. The monoisotopic (exact) mass is 379 g/mol. The summed E-state index contributed by atoms with van der Waals surface area (Å²) in [7, 11) is -2.97. The fraction of sp³-hybridized carbons (Fsp3) is 0.562. The first-order valence-corrected chi connectivity index (χ1v) is 9.38. The van der Waals surface area contributed by atoms with E-state index >= 15 is 0 Å². The Balaban J connectivity index is 2.17. The molecule has 0 radical (unpaired) electrons. The SMILES string of the molecule is COc1ccc(C(=O)[C@@H]2CCCN(S(=O)(=O)CC(F)(F)F)C2)c(C)c1. The van der Waals surface area contributed by atoms with Crippen molar-refractivity contribution in [2.24, 2.45) is 5.92 Å². The van der Waals surface area contributed by atoms with Gasteiger partial charge in [0.05, 0.1) is 7.11 Å². The molecule has 1 aliphatic heterocycles. The average Bonchev–Trinajstić information content (AvgIpc) is 2.52. The molecule has 0 aromatic heterocycles. The highest BCUT2D eigenvalue weighted by Gasteiger charge is 2.40. The Labute approximate surface area is 144 Å². The molecule has 0 spiro atoms. The highest BCUT2D eigenvalue weighted by molar-refractivity contribution is 7.89. The van der Waals surface area contributed by atoms with Crippen molar-refractivity contribution < 1.29 is 31.1 Å². The van der Waals surface area contributed by atoms with Gasteiger partial charge < -0.3 is 4.74 Å². The molecule has 25 heavy (non-hydrogen) atoms. The predicted octanol–water partition coefficient (Wildman–Crippen LogP) is 2.79. The molecule has 9 heteroatoms. The third kappa shape index (κ3) is 4.94. The molecule has 1 aromatic rings. The summed E-state index contributed by atoms with van der Waals surface area (Å²) in [4.78, 5) is 12.7. The largest absolute Gasteiger partial charge is 0.497 e. The van der Waals surface area contributed by atoms with Gasteiger partial charge in [-0.2, -0.15) is 13.2 Å². The van der Waals surface area contributed by atoms with Crippen LogP contribution in [0.1, 0.15) is 28.8 Å². The number of carbonyl (C=O) groups excluding carboxylic acids is 1. The third-order valence-corrected chi connectivity index (χ3v) is 6.00. The second-order valence-electron chi connectivity index (χ2n) is 6.11. The lowest BCUT2D eigenvalue weighted by Gasteiger charge is -2.31. The Hall–Kier alpha value is -1.61. The van der Waals surface area contributed by atoms with E-state index in [4.69, 9.17) is 4.74 Å². The number of Topliss-reactive ketones (excluding diaryl/α,β-unsaturated/α-hetero) is 1. The summed E-state index contributed by atoms with van der Waals surface area (Å²) in [6.45, 7) is 1.52. The van der Waals surface area contributed by atoms with E-state index in [2.05, 4.69) is 0 Å². The third-order valence-electron chi connectivity index (χ3n) is 4.19. The molecule has 1 aliphatic rings. The Kier molecular flexibility index (Phi) is 5.78. The summed E-state index contributed by atoms with van der Waals surface area (Å²) in [5.74, 6) is -2.22. The van der Waals surface area contributed by atoms with E-state index in [0.717, 1.165) is 4.31 Å². The number of aryl methyl sites for hydroxylation is 1. The molecule has 0 aliphatic carbocycles. The van der Waals surface area contributed by atoms with E-state index in [1.54, 1.807) is 25.1 Å². The van der Waals surface area contributed by atoms with E-state index in [9.17, 15) is 26.4 Å². The van der Waals surface area contributed by atoms with Gasteiger partial charge in [0.15, 0.2) is 11.5 Å².